The van der Waals surface area contributed by atoms with E-state index in [4.69, 9.17) is 4.74 Å². The predicted octanol–water partition coefficient (Wildman–Crippen LogP) is 2.81. The molecule has 116 valence electrons. The van der Waals surface area contributed by atoms with Crippen molar-refractivity contribution in [3.8, 4) is 5.75 Å². The molecule has 0 aromatic heterocycles. The quantitative estimate of drug-likeness (QED) is 0.417. The van der Waals surface area contributed by atoms with Crippen LogP contribution in [0.5, 0.6) is 5.75 Å². The van der Waals surface area contributed by atoms with Crippen molar-refractivity contribution in [1.82, 2.24) is 10.6 Å². The second-order valence-electron chi connectivity index (χ2n) is 5.43. The van der Waals surface area contributed by atoms with Gasteiger partial charge in [0.25, 0.3) is 0 Å². The SMILES string of the molecule is CCNC(=NCCCOc1ccccc1)NCCC1CC1. The molecule has 1 aliphatic rings. The van der Waals surface area contributed by atoms with Crippen LogP contribution >= 0.6 is 0 Å². The van der Waals surface area contributed by atoms with E-state index >= 15 is 0 Å². The Morgan fingerprint density at radius 2 is 2.05 bits per heavy atom. The number of guanidine groups is 1. The normalized spacial score (nSPS) is 14.8. The Bertz CT molecular complexity index is 415. The van der Waals surface area contributed by atoms with Gasteiger partial charge in [-0.25, -0.2) is 0 Å². The number of hydrogen-bond donors (Lipinski definition) is 2. The van der Waals surface area contributed by atoms with E-state index in [-0.39, 0.29) is 0 Å². The molecule has 0 unspecified atom stereocenters. The first-order valence-corrected chi connectivity index (χ1v) is 8.08. The number of aliphatic imine (C=N–C) groups is 1. The van der Waals surface area contributed by atoms with E-state index in [0.29, 0.717) is 6.61 Å². The highest BCUT2D eigenvalue weighted by molar-refractivity contribution is 5.79. The molecule has 0 heterocycles. The number of ether oxygens (including phenoxy) is 1. The third kappa shape index (κ3) is 7.02. The smallest absolute Gasteiger partial charge is 0.191 e. The minimum Gasteiger partial charge on any atom is -0.494 e. The molecule has 0 amide bonds. The fraction of sp³-hybridized carbons (Fsp3) is 0.588. The molecule has 2 rings (SSSR count). The Labute approximate surface area is 128 Å². The number of nitrogens with zero attached hydrogens (tertiary/aromatic N) is 1. The second kappa shape index (κ2) is 9.27. The molecule has 1 saturated carbocycles. The standard InChI is InChI=1S/C17H27N3O/c1-2-18-17(20-13-11-15-9-10-15)19-12-6-14-21-16-7-4-3-5-8-16/h3-5,7-8,15H,2,6,9-14H2,1H3,(H2,18,19,20). The van der Waals surface area contributed by atoms with Gasteiger partial charge in [0.05, 0.1) is 6.61 Å². The van der Waals surface area contributed by atoms with Crippen molar-refractivity contribution < 1.29 is 4.74 Å². The summed E-state index contributed by atoms with van der Waals surface area (Å²) in [5.74, 6) is 2.81. The summed E-state index contributed by atoms with van der Waals surface area (Å²) in [6, 6.07) is 9.92. The fourth-order valence-corrected chi connectivity index (χ4v) is 2.11. The van der Waals surface area contributed by atoms with Gasteiger partial charge < -0.3 is 15.4 Å². The van der Waals surface area contributed by atoms with Crippen molar-refractivity contribution in [2.75, 3.05) is 26.2 Å². The zero-order valence-electron chi connectivity index (χ0n) is 13.0. The van der Waals surface area contributed by atoms with Gasteiger partial charge in [0.2, 0.25) is 0 Å². The summed E-state index contributed by atoms with van der Waals surface area (Å²) in [4.78, 5) is 4.58. The van der Waals surface area contributed by atoms with Crippen LogP contribution in [-0.2, 0) is 0 Å². The molecular formula is C17H27N3O. The van der Waals surface area contributed by atoms with E-state index in [2.05, 4.69) is 22.5 Å². The third-order valence-corrected chi connectivity index (χ3v) is 3.47. The van der Waals surface area contributed by atoms with Gasteiger partial charge in [-0.15, -0.1) is 0 Å². The van der Waals surface area contributed by atoms with E-state index in [1.54, 1.807) is 0 Å². The lowest BCUT2D eigenvalue weighted by Crippen LogP contribution is -2.38. The van der Waals surface area contributed by atoms with E-state index in [1.165, 1.54) is 19.3 Å². The molecule has 0 bridgehead atoms. The number of rotatable bonds is 9. The van der Waals surface area contributed by atoms with Crippen LogP contribution in [0.4, 0.5) is 0 Å². The third-order valence-electron chi connectivity index (χ3n) is 3.47. The predicted molar refractivity (Wildman–Crippen MR) is 87.9 cm³/mol. The van der Waals surface area contributed by atoms with Crippen LogP contribution in [0.1, 0.15) is 32.6 Å². The first kappa shape index (κ1) is 15.7. The van der Waals surface area contributed by atoms with E-state index in [1.807, 2.05) is 30.3 Å². The molecule has 21 heavy (non-hydrogen) atoms. The van der Waals surface area contributed by atoms with Crippen molar-refractivity contribution in [3.63, 3.8) is 0 Å². The molecule has 0 saturated heterocycles. The minimum atomic E-state index is 0.703. The highest BCUT2D eigenvalue weighted by Gasteiger charge is 2.20. The number of benzene rings is 1. The molecule has 1 aliphatic carbocycles. The van der Waals surface area contributed by atoms with Crippen LogP contribution in [0.3, 0.4) is 0 Å². The molecule has 2 N–H and O–H groups in total. The maximum absolute atomic E-state index is 5.66. The first-order valence-electron chi connectivity index (χ1n) is 8.08. The monoisotopic (exact) mass is 289 g/mol. The molecule has 4 heteroatoms. The van der Waals surface area contributed by atoms with Gasteiger partial charge in [-0.1, -0.05) is 31.0 Å². The molecule has 0 radical (unpaired) electrons. The zero-order valence-corrected chi connectivity index (χ0v) is 13.0. The van der Waals surface area contributed by atoms with Gasteiger partial charge in [0, 0.05) is 26.1 Å². The van der Waals surface area contributed by atoms with Crippen molar-refractivity contribution in [3.05, 3.63) is 30.3 Å². The van der Waals surface area contributed by atoms with Crippen LogP contribution < -0.4 is 15.4 Å². The molecular weight excluding hydrogens is 262 g/mol. The molecule has 4 nitrogen and oxygen atoms in total. The van der Waals surface area contributed by atoms with Gasteiger partial charge in [0.15, 0.2) is 5.96 Å². The Morgan fingerprint density at radius 1 is 1.24 bits per heavy atom. The zero-order chi connectivity index (χ0) is 14.8. The maximum Gasteiger partial charge on any atom is 0.191 e. The first-order chi connectivity index (χ1) is 10.4. The van der Waals surface area contributed by atoms with Crippen molar-refractivity contribution in [1.29, 1.82) is 0 Å². The second-order valence-corrected chi connectivity index (χ2v) is 5.43. The molecule has 1 aromatic carbocycles. The summed E-state index contributed by atoms with van der Waals surface area (Å²) in [6.07, 6.45) is 5.01. The van der Waals surface area contributed by atoms with Gasteiger partial charge >= 0.3 is 0 Å². The van der Waals surface area contributed by atoms with Crippen molar-refractivity contribution >= 4 is 5.96 Å². The Morgan fingerprint density at radius 3 is 2.76 bits per heavy atom. The van der Waals surface area contributed by atoms with Crippen molar-refractivity contribution in [2.45, 2.75) is 32.6 Å². The Kier molecular flexibility index (Phi) is 6.92. The summed E-state index contributed by atoms with van der Waals surface area (Å²) in [5.41, 5.74) is 0. The number of para-hydroxylation sites is 1. The fourth-order valence-electron chi connectivity index (χ4n) is 2.11. The lowest BCUT2D eigenvalue weighted by atomic mass is 10.3. The summed E-state index contributed by atoms with van der Waals surface area (Å²) in [7, 11) is 0. The van der Waals surface area contributed by atoms with E-state index < -0.39 is 0 Å². The van der Waals surface area contributed by atoms with Crippen LogP contribution in [0, 0.1) is 5.92 Å². The lowest BCUT2D eigenvalue weighted by molar-refractivity contribution is 0.313. The summed E-state index contributed by atoms with van der Waals surface area (Å²) in [5, 5.41) is 6.68. The van der Waals surface area contributed by atoms with Crippen LogP contribution in [0.2, 0.25) is 0 Å². The molecule has 1 fully saturated rings. The number of hydrogen-bond acceptors (Lipinski definition) is 2. The minimum absolute atomic E-state index is 0.703. The van der Waals surface area contributed by atoms with Gasteiger partial charge in [-0.2, -0.15) is 0 Å². The highest BCUT2D eigenvalue weighted by Crippen LogP contribution is 2.31. The average Bonchev–Trinajstić information content (AvgIpc) is 3.32. The molecule has 1 aromatic rings. The van der Waals surface area contributed by atoms with Crippen LogP contribution in [-0.4, -0.2) is 32.2 Å². The van der Waals surface area contributed by atoms with E-state index in [9.17, 15) is 0 Å². The van der Waals surface area contributed by atoms with E-state index in [0.717, 1.165) is 43.7 Å². The largest absolute Gasteiger partial charge is 0.494 e. The van der Waals surface area contributed by atoms with Crippen LogP contribution in [0.15, 0.2) is 35.3 Å². The van der Waals surface area contributed by atoms with Crippen molar-refractivity contribution in [2.24, 2.45) is 10.9 Å². The Hall–Kier alpha value is -1.71. The van der Waals surface area contributed by atoms with Gasteiger partial charge in [-0.3, -0.25) is 4.99 Å². The summed E-state index contributed by atoms with van der Waals surface area (Å²) < 4.78 is 5.66. The van der Waals surface area contributed by atoms with Crippen LogP contribution in [0.25, 0.3) is 0 Å². The molecule has 0 atom stereocenters. The highest BCUT2D eigenvalue weighted by atomic mass is 16.5. The molecule has 0 spiro atoms. The molecule has 0 aliphatic heterocycles. The Balaban J connectivity index is 1.59. The topological polar surface area (TPSA) is 45.7 Å². The average molecular weight is 289 g/mol. The van der Waals surface area contributed by atoms with Gasteiger partial charge in [-0.05, 0) is 31.4 Å². The maximum atomic E-state index is 5.66. The lowest BCUT2D eigenvalue weighted by Gasteiger charge is -2.11. The summed E-state index contributed by atoms with van der Waals surface area (Å²) >= 11 is 0. The van der Waals surface area contributed by atoms with Gasteiger partial charge in [0.1, 0.15) is 5.75 Å². The summed E-state index contributed by atoms with van der Waals surface area (Å²) in [6.45, 7) is 5.50. The number of nitrogens with one attached hydrogen (secondary N) is 2.